The van der Waals surface area contributed by atoms with E-state index in [4.69, 9.17) is 0 Å². The van der Waals surface area contributed by atoms with Crippen molar-refractivity contribution >= 4 is 33.3 Å². The highest BCUT2D eigenvalue weighted by Gasteiger charge is 2.09. The van der Waals surface area contributed by atoms with E-state index < -0.39 is 0 Å². The van der Waals surface area contributed by atoms with Crippen LogP contribution in [0.1, 0.15) is 23.0 Å². The molecule has 0 aliphatic carbocycles. The van der Waals surface area contributed by atoms with Gasteiger partial charge < -0.3 is 10.6 Å². The fourth-order valence-electron chi connectivity index (χ4n) is 1.64. The maximum Gasteiger partial charge on any atom is 0.275 e. The van der Waals surface area contributed by atoms with E-state index in [2.05, 4.69) is 36.5 Å². The highest BCUT2D eigenvalue weighted by Crippen LogP contribution is 2.20. The molecule has 0 saturated heterocycles. The molecule has 2 rings (SSSR count). The zero-order valence-corrected chi connectivity index (χ0v) is 12.9. The normalized spacial score (nSPS) is 10.2. The molecule has 0 atom stereocenters. The molecule has 0 aliphatic rings. The van der Waals surface area contributed by atoms with Gasteiger partial charge in [-0.25, -0.2) is 9.97 Å². The summed E-state index contributed by atoms with van der Waals surface area (Å²) in [5.41, 5.74) is 2.07. The van der Waals surface area contributed by atoms with Gasteiger partial charge in [0, 0.05) is 16.7 Å². The molecule has 104 valence electrons. The molecule has 0 saturated carbocycles. The van der Waals surface area contributed by atoms with Crippen LogP contribution in [0.3, 0.4) is 0 Å². The number of carbonyl (C=O) groups is 1. The van der Waals surface area contributed by atoms with Crippen molar-refractivity contribution in [2.24, 2.45) is 0 Å². The standard InChI is InChI=1S/C14H15BrN4O/c1-3-16-13-8-17-12(7-18-13)14(20)19-10-4-5-11(15)9(2)6-10/h4-8H,3H2,1-2H3,(H,16,18)(H,19,20). The summed E-state index contributed by atoms with van der Waals surface area (Å²) in [6.45, 7) is 4.70. The van der Waals surface area contributed by atoms with Crippen molar-refractivity contribution in [1.29, 1.82) is 0 Å². The second kappa shape index (κ2) is 6.47. The quantitative estimate of drug-likeness (QED) is 0.900. The van der Waals surface area contributed by atoms with Crippen LogP contribution in [-0.2, 0) is 0 Å². The first-order valence-electron chi connectivity index (χ1n) is 6.23. The molecule has 0 fully saturated rings. The third-order valence-electron chi connectivity index (χ3n) is 2.66. The van der Waals surface area contributed by atoms with Crippen LogP contribution in [0.25, 0.3) is 0 Å². The topological polar surface area (TPSA) is 66.9 Å². The third-order valence-corrected chi connectivity index (χ3v) is 3.55. The molecule has 1 aromatic carbocycles. The van der Waals surface area contributed by atoms with E-state index >= 15 is 0 Å². The molecule has 6 heteroatoms. The summed E-state index contributed by atoms with van der Waals surface area (Å²) in [6.07, 6.45) is 3.00. The Balaban J connectivity index is 2.09. The predicted molar refractivity (Wildman–Crippen MR) is 83.0 cm³/mol. The maximum absolute atomic E-state index is 12.0. The van der Waals surface area contributed by atoms with Gasteiger partial charge in [-0.15, -0.1) is 0 Å². The first kappa shape index (κ1) is 14.5. The lowest BCUT2D eigenvalue weighted by molar-refractivity contribution is 0.102. The van der Waals surface area contributed by atoms with Crippen LogP contribution in [0.15, 0.2) is 35.1 Å². The Bertz CT molecular complexity index is 613. The number of anilines is 2. The number of amides is 1. The van der Waals surface area contributed by atoms with Gasteiger partial charge in [0.2, 0.25) is 0 Å². The van der Waals surface area contributed by atoms with E-state index in [1.165, 1.54) is 6.20 Å². The molecule has 1 heterocycles. The van der Waals surface area contributed by atoms with Crippen LogP contribution in [-0.4, -0.2) is 22.4 Å². The molecule has 0 bridgehead atoms. The van der Waals surface area contributed by atoms with E-state index in [1.54, 1.807) is 6.20 Å². The van der Waals surface area contributed by atoms with Crippen LogP contribution < -0.4 is 10.6 Å². The number of aryl methyl sites for hydroxylation is 1. The largest absolute Gasteiger partial charge is 0.369 e. The maximum atomic E-state index is 12.0. The van der Waals surface area contributed by atoms with Crippen molar-refractivity contribution in [2.75, 3.05) is 17.2 Å². The Hall–Kier alpha value is -1.95. The molecule has 20 heavy (non-hydrogen) atoms. The average molecular weight is 335 g/mol. The second-order valence-electron chi connectivity index (χ2n) is 4.24. The van der Waals surface area contributed by atoms with Crippen LogP contribution in [0.4, 0.5) is 11.5 Å². The van der Waals surface area contributed by atoms with Crippen molar-refractivity contribution in [3.63, 3.8) is 0 Å². The summed E-state index contributed by atoms with van der Waals surface area (Å²) in [5, 5.41) is 5.82. The van der Waals surface area contributed by atoms with Crippen LogP contribution >= 0.6 is 15.9 Å². The Kier molecular flexibility index (Phi) is 4.68. The van der Waals surface area contributed by atoms with Crippen molar-refractivity contribution < 1.29 is 4.79 Å². The van der Waals surface area contributed by atoms with E-state index in [0.29, 0.717) is 5.82 Å². The van der Waals surface area contributed by atoms with Crippen molar-refractivity contribution in [1.82, 2.24) is 9.97 Å². The summed E-state index contributed by atoms with van der Waals surface area (Å²) in [5.74, 6) is 0.380. The highest BCUT2D eigenvalue weighted by atomic mass is 79.9. The van der Waals surface area contributed by atoms with Crippen molar-refractivity contribution in [2.45, 2.75) is 13.8 Å². The number of hydrogen-bond donors (Lipinski definition) is 2. The van der Waals surface area contributed by atoms with Gasteiger partial charge in [-0.3, -0.25) is 4.79 Å². The second-order valence-corrected chi connectivity index (χ2v) is 5.09. The molecule has 1 amide bonds. The summed E-state index contributed by atoms with van der Waals surface area (Å²) < 4.78 is 1.00. The fraction of sp³-hybridized carbons (Fsp3) is 0.214. The summed E-state index contributed by atoms with van der Waals surface area (Å²) in [7, 11) is 0. The molecule has 2 aromatic rings. The van der Waals surface area contributed by atoms with E-state index in [1.807, 2.05) is 32.0 Å². The molecule has 0 unspecified atom stereocenters. The smallest absolute Gasteiger partial charge is 0.275 e. The lowest BCUT2D eigenvalue weighted by Gasteiger charge is -2.07. The number of rotatable bonds is 4. The predicted octanol–water partition coefficient (Wildman–Crippen LogP) is 3.23. The van der Waals surface area contributed by atoms with Gasteiger partial charge in [0.1, 0.15) is 11.5 Å². The Labute approximate surface area is 126 Å². The summed E-state index contributed by atoms with van der Waals surface area (Å²) in [4.78, 5) is 20.2. The first-order chi connectivity index (χ1) is 9.60. The first-order valence-corrected chi connectivity index (χ1v) is 7.03. The Morgan fingerprint density at radius 1 is 1.30 bits per heavy atom. The summed E-state index contributed by atoms with van der Waals surface area (Å²) in [6, 6.07) is 5.61. The fourth-order valence-corrected chi connectivity index (χ4v) is 1.88. The van der Waals surface area contributed by atoms with Gasteiger partial charge in [0.25, 0.3) is 5.91 Å². The molecular weight excluding hydrogens is 320 g/mol. The van der Waals surface area contributed by atoms with Crippen molar-refractivity contribution in [3.05, 3.63) is 46.3 Å². The third kappa shape index (κ3) is 3.54. The molecule has 1 aromatic heterocycles. The molecule has 2 N–H and O–H groups in total. The number of benzene rings is 1. The van der Waals surface area contributed by atoms with E-state index in [9.17, 15) is 4.79 Å². The minimum absolute atomic E-state index is 0.276. The average Bonchev–Trinajstić information content (AvgIpc) is 2.44. The summed E-state index contributed by atoms with van der Waals surface area (Å²) >= 11 is 3.42. The number of hydrogen-bond acceptors (Lipinski definition) is 4. The van der Waals surface area contributed by atoms with E-state index in [0.717, 1.165) is 22.3 Å². The van der Waals surface area contributed by atoms with Gasteiger partial charge in [-0.2, -0.15) is 0 Å². The van der Waals surface area contributed by atoms with Gasteiger partial charge in [-0.05, 0) is 37.6 Å². The zero-order valence-electron chi connectivity index (χ0n) is 11.3. The van der Waals surface area contributed by atoms with E-state index in [-0.39, 0.29) is 11.6 Å². The van der Waals surface area contributed by atoms with Crippen molar-refractivity contribution in [3.8, 4) is 0 Å². The lowest BCUT2D eigenvalue weighted by atomic mass is 10.2. The minimum Gasteiger partial charge on any atom is -0.369 e. The van der Waals surface area contributed by atoms with Gasteiger partial charge in [0.15, 0.2) is 0 Å². The molecule has 0 aliphatic heterocycles. The number of nitrogens with one attached hydrogen (secondary N) is 2. The molecular formula is C14H15BrN4O. The van der Waals surface area contributed by atoms with Gasteiger partial charge in [-0.1, -0.05) is 15.9 Å². The number of carbonyl (C=O) groups excluding carboxylic acids is 1. The molecule has 5 nitrogen and oxygen atoms in total. The molecule has 0 radical (unpaired) electrons. The highest BCUT2D eigenvalue weighted by molar-refractivity contribution is 9.10. The van der Waals surface area contributed by atoms with Gasteiger partial charge >= 0.3 is 0 Å². The Morgan fingerprint density at radius 2 is 2.10 bits per heavy atom. The molecule has 0 spiro atoms. The lowest BCUT2D eigenvalue weighted by Crippen LogP contribution is -2.14. The monoisotopic (exact) mass is 334 g/mol. The number of halogens is 1. The van der Waals surface area contributed by atoms with Crippen LogP contribution in [0.2, 0.25) is 0 Å². The van der Waals surface area contributed by atoms with Crippen LogP contribution in [0.5, 0.6) is 0 Å². The van der Waals surface area contributed by atoms with Crippen LogP contribution in [0, 0.1) is 6.92 Å². The van der Waals surface area contributed by atoms with Gasteiger partial charge in [0.05, 0.1) is 12.4 Å². The minimum atomic E-state index is -0.276. The zero-order chi connectivity index (χ0) is 14.5. The Morgan fingerprint density at radius 3 is 2.70 bits per heavy atom. The number of nitrogens with zero attached hydrogens (tertiary/aromatic N) is 2. The SMILES string of the molecule is CCNc1cnc(C(=O)Nc2ccc(Br)c(C)c2)cn1. The number of aromatic nitrogens is 2.